The van der Waals surface area contributed by atoms with Gasteiger partial charge in [-0.15, -0.1) is 0 Å². The van der Waals surface area contributed by atoms with Gasteiger partial charge < -0.3 is 14.7 Å². The fraction of sp³-hybridized carbons (Fsp3) is 0.450. The third-order valence-corrected chi connectivity index (χ3v) is 5.86. The Balaban J connectivity index is 0.000000339. The number of carbonyl (C=O) groups excluding carboxylic acids is 1. The molecule has 11 heteroatoms. The molecule has 2 aromatic rings. The molecular weight excluding hydrogens is 435 g/mol. The molecule has 0 unspecified atom stereocenters. The lowest BCUT2D eigenvalue weighted by atomic mass is 9.89. The number of carbonyl (C=O) groups is 2. The van der Waals surface area contributed by atoms with E-state index in [1.54, 1.807) is 11.3 Å². The summed E-state index contributed by atoms with van der Waals surface area (Å²) in [6, 6.07) is 8.05. The number of aliphatic carboxylic acids is 1. The van der Waals surface area contributed by atoms with Crippen LogP contribution in [0.3, 0.4) is 0 Å². The molecule has 7 nitrogen and oxygen atoms in total. The number of anilines is 1. The second kappa shape index (κ2) is 9.75. The molecule has 2 fully saturated rings. The molecule has 0 aromatic carbocycles. The minimum absolute atomic E-state index is 0.0648. The average molecular weight is 457 g/mol. The third-order valence-electron chi connectivity index (χ3n) is 5.19. The van der Waals surface area contributed by atoms with Crippen LogP contribution in [-0.2, 0) is 20.9 Å². The Hall–Kier alpha value is -2.50. The highest BCUT2D eigenvalue weighted by Gasteiger charge is 2.42. The molecule has 0 saturated carbocycles. The van der Waals surface area contributed by atoms with Crippen LogP contribution in [0, 0.1) is 0 Å². The Morgan fingerprint density at radius 2 is 1.97 bits per heavy atom. The molecule has 4 rings (SSSR count). The van der Waals surface area contributed by atoms with Gasteiger partial charge in [-0.2, -0.15) is 24.5 Å². The largest absolute Gasteiger partial charge is 0.490 e. The molecule has 2 aliphatic rings. The molecule has 0 aliphatic carbocycles. The maximum absolute atomic E-state index is 12.2. The van der Waals surface area contributed by atoms with E-state index in [-0.39, 0.29) is 18.1 Å². The first-order chi connectivity index (χ1) is 14.7. The molecule has 1 N–H and O–H groups in total. The molecular formula is C20H22F3N3O4S. The van der Waals surface area contributed by atoms with Crippen LogP contribution in [0.15, 0.2) is 41.2 Å². The van der Waals surface area contributed by atoms with Crippen molar-refractivity contribution in [3.05, 3.63) is 46.9 Å². The number of rotatable bonds is 3. The smallest absolute Gasteiger partial charge is 0.475 e. The molecule has 1 amide bonds. The lowest BCUT2D eigenvalue weighted by Gasteiger charge is -2.46. The number of alkyl halides is 3. The highest BCUT2D eigenvalue weighted by Crippen LogP contribution is 2.33. The Kier molecular flexibility index (Phi) is 7.29. The van der Waals surface area contributed by atoms with Crippen molar-refractivity contribution in [2.75, 3.05) is 31.1 Å². The van der Waals surface area contributed by atoms with E-state index >= 15 is 0 Å². The maximum atomic E-state index is 12.2. The average Bonchev–Trinajstić information content (AvgIpc) is 3.27. The molecule has 0 atom stereocenters. The highest BCUT2D eigenvalue weighted by molar-refractivity contribution is 7.08. The summed E-state index contributed by atoms with van der Waals surface area (Å²) in [4.78, 5) is 29.8. The van der Waals surface area contributed by atoms with E-state index in [4.69, 9.17) is 14.6 Å². The number of aromatic nitrogens is 1. The van der Waals surface area contributed by atoms with Gasteiger partial charge >= 0.3 is 12.1 Å². The van der Waals surface area contributed by atoms with E-state index in [0.29, 0.717) is 6.54 Å². The fourth-order valence-electron chi connectivity index (χ4n) is 3.50. The van der Waals surface area contributed by atoms with Crippen LogP contribution in [0.25, 0.3) is 0 Å². The molecule has 4 heterocycles. The van der Waals surface area contributed by atoms with Crippen molar-refractivity contribution >= 4 is 28.9 Å². The number of pyridine rings is 1. The zero-order valence-electron chi connectivity index (χ0n) is 16.5. The topological polar surface area (TPSA) is 83.0 Å². The second-order valence-electron chi connectivity index (χ2n) is 7.33. The molecule has 0 radical (unpaired) electrons. The first-order valence-corrected chi connectivity index (χ1v) is 10.5. The summed E-state index contributed by atoms with van der Waals surface area (Å²) in [7, 11) is 0. The number of likely N-dealkylation sites (tertiary alicyclic amines) is 1. The van der Waals surface area contributed by atoms with Crippen molar-refractivity contribution < 1.29 is 32.6 Å². The minimum Gasteiger partial charge on any atom is -0.475 e. The van der Waals surface area contributed by atoms with Gasteiger partial charge in [-0.3, -0.25) is 14.7 Å². The summed E-state index contributed by atoms with van der Waals surface area (Å²) in [5.74, 6) is -2.69. The first-order valence-electron chi connectivity index (χ1n) is 9.57. The van der Waals surface area contributed by atoms with E-state index in [9.17, 15) is 18.0 Å². The van der Waals surface area contributed by atoms with Gasteiger partial charge in [-0.1, -0.05) is 6.07 Å². The molecule has 2 saturated heterocycles. The maximum Gasteiger partial charge on any atom is 0.490 e. The summed E-state index contributed by atoms with van der Waals surface area (Å²) in [6.45, 7) is 3.69. The van der Waals surface area contributed by atoms with Gasteiger partial charge in [0.25, 0.3) is 5.91 Å². The van der Waals surface area contributed by atoms with Crippen LogP contribution >= 0.6 is 11.3 Å². The van der Waals surface area contributed by atoms with Crippen LogP contribution < -0.4 is 4.90 Å². The fourth-order valence-corrected chi connectivity index (χ4v) is 4.14. The van der Waals surface area contributed by atoms with Gasteiger partial charge in [-0.05, 0) is 36.4 Å². The monoisotopic (exact) mass is 457 g/mol. The number of hydrogen-bond donors (Lipinski definition) is 1. The van der Waals surface area contributed by atoms with Crippen LogP contribution in [0.2, 0.25) is 0 Å². The zero-order valence-corrected chi connectivity index (χ0v) is 17.4. The quantitative estimate of drug-likeness (QED) is 0.763. The van der Waals surface area contributed by atoms with Crippen LogP contribution in [0.5, 0.6) is 0 Å². The number of hydrogen-bond acceptors (Lipinski definition) is 6. The number of piperidine rings is 1. The lowest BCUT2D eigenvalue weighted by Crippen LogP contribution is -2.58. The predicted octanol–water partition coefficient (Wildman–Crippen LogP) is 3.17. The van der Waals surface area contributed by atoms with E-state index in [0.717, 1.165) is 43.9 Å². The summed E-state index contributed by atoms with van der Waals surface area (Å²) in [6.07, 6.45) is -1.34. The van der Waals surface area contributed by atoms with Crippen molar-refractivity contribution in [3.63, 3.8) is 0 Å². The Morgan fingerprint density at radius 1 is 1.26 bits per heavy atom. The Labute approximate surface area is 181 Å². The van der Waals surface area contributed by atoms with Crippen molar-refractivity contribution in [3.8, 4) is 0 Å². The highest BCUT2D eigenvalue weighted by atomic mass is 32.1. The van der Waals surface area contributed by atoms with E-state index in [1.165, 1.54) is 0 Å². The molecule has 0 bridgehead atoms. The van der Waals surface area contributed by atoms with Crippen molar-refractivity contribution in [1.29, 1.82) is 0 Å². The van der Waals surface area contributed by atoms with Gasteiger partial charge in [0.15, 0.2) is 0 Å². The molecule has 1 spiro atoms. The number of carboxylic acids is 1. The van der Waals surface area contributed by atoms with Gasteiger partial charge in [0.2, 0.25) is 0 Å². The number of thiophene rings is 1. The van der Waals surface area contributed by atoms with Gasteiger partial charge in [0.05, 0.1) is 23.5 Å². The number of carboxylic acid groups (broad SMARTS) is 1. The van der Waals surface area contributed by atoms with Crippen molar-refractivity contribution in [2.45, 2.75) is 31.2 Å². The second-order valence-corrected chi connectivity index (χ2v) is 8.11. The number of morpholine rings is 1. The Bertz CT molecular complexity index is 870. The number of nitrogens with zero attached hydrogens (tertiary/aromatic N) is 3. The van der Waals surface area contributed by atoms with Gasteiger partial charge in [0.1, 0.15) is 6.61 Å². The lowest BCUT2D eigenvalue weighted by molar-refractivity contribution is -0.192. The number of amides is 1. The normalized spacial score (nSPS) is 19.1. The predicted molar refractivity (Wildman–Crippen MR) is 108 cm³/mol. The summed E-state index contributed by atoms with van der Waals surface area (Å²) in [5, 5.41) is 11.2. The summed E-state index contributed by atoms with van der Waals surface area (Å²) in [5.41, 5.74) is 1.91. The van der Waals surface area contributed by atoms with E-state index < -0.39 is 12.1 Å². The van der Waals surface area contributed by atoms with Crippen molar-refractivity contribution in [1.82, 2.24) is 9.88 Å². The van der Waals surface area contributed by atoms with Crippen LogP contribution in [0.4, 0.5) is 18.9 Å². The summed E-state index contributed by atoms with van der Waals surface area (Å²) >= 11 is 1.62. The molecule has 168 valence electrons. The number of halogens is 3. The first kappa shape index (κ1) is 23.2. The number of ether oxygens (including phenoxy) is 1. The Morgan fingerprint density at radius 3 is 2.52 bits per heavy atom. The van der Waals surface area contributed by atoms with E-state index in [2.05, 4.69) is 16.0 Å². The van der Waals surface area contributed by atoms with Crippen LogP contribution in [-0.4, -0.2) is 64.9 Å². The molecule has 2 aliphatic heterocycles. The summed E-state index contributed by atoms with van der Waals surface area (Å²) < 4.78 is 37.8. The zero-order chi connectivity index (χ0) is 22.5. The van der Waals surface area contributed by atoms with Crippen LogP contribution in [0.1, 0.15) is 18.5 Å². The standard InChI is InChI=1S/C18H21N3O2S.C2HF3O2/c22-17-12-23-18(14-21(17)16-4-10-24-13-16)5-8-20(9-6-18)11-15-3-1-2-7-19-15;3-2(4,5)1(6)7/h1-4,7,10,13H,5-6,8-9,11-12,14H2;(H,6,7). The SMILES string of the molecule is O=C(O)C(F)(F)F.O=C1COC2(CCN(Cc3ccccn3)CC2)CN1c1ccsc1. The van der Waals surface area contributed by atoms with Gasteiger partial charge in [-0.25, -0.2) is 4.79 Å². The third kappa shape index (κ3) is 6.25. The van der Waals surface area contributed by atoms with Crippen molar-refractivity contribution in [2.24, 2.45) is 0 Å². The van der Waals surface area contributed by atoms with E-state index in [1.807, 2.05) is 40.1 Å². The molecule has 31 heavy (non-hydrogen) atoms. The van der Waals surface area contributed by atoms with Gasteiger partial charge in [0, 0.05) is 31.2 Å². The minimum atomic E-state index is -5.08. The molecule has 2 aromatic heterocycles.